The normalized spacial score (nSPS) is 12.6. The van der Waals surface area contributed by atoms with E-state index < -0.39 is 49.2 Å². The number of ether oxygens (including phenoxy) is 1. The van der Waals surface area contributed by atoms with E-state index in [1.165, 1.54) is 53.9 Å². The second-order valence-corrected chi connectivity index (χ2v) is 10.2. The molecule has 0 bridgehead atoms. The van der Waals surface area contributed by atoms with Crippen LogP contribution in [0.4, 0.5) is 11.4 Å². The number of hydrogen-bond acceptors (Lipinski definition) is 8. The molecule has 0 heterocycles. The third-order valence-electron chi connectivity index (χ3n) is 6.26. The SMILES string of the molecule is CCN(CC)S(=O)(=O)c1ccc(OC)c(NC(=O)c2ccc3c(c2[N+](=O)[O-])C(=O)c2ccccc2C3=O)c1. The van der Waals surface area contributed by atoms with Gasteiger partial charge >= 0.3 is 0 Å². The molecule has 0 aromatic heterocycles. The summed E-state index contributed by atoms with van der Waals surface area (Å²) in [6.07, 6.45) is 0. The Morgan fingerprint density at radius 3 is 2.18 bits per heavy atom. The number of nitro benzene ring substituents is 1. The highest BCUT2D eigenvalue weighted by Gasteiger charge is 2.38. The Hall–Kier alpha value is -4.42. The van der Waals surface area contributed by atoms with Crippen molar-refractivity contribution in [1.82, 2.24) is 4.31 Å². The van der Waals surface area contributed by atoms with Gasteiger partial charge in [-0.05, 0) is 30.3 Å². The lowest BCUT2D eigenvalue weighted by molar-refractivity contribution is -0.385. The lowest BCUT2D eigenvalue weighted by Gasteiger charge is -2.20. The second kappa shape index (κ2) is 10.1. The Balaban J connectivity index is 1.81. The molecule has 0 atom stereocenters. The van der Waals surface area contributed by atoms with Crippen molar-refractivity contribution in [3.05, 3.63) is 92.5 Å². The highest BCUT2D eigenvalue weighted by atomic mass is 32.2. The van der Waals surface area contributed by atoms with Crippen molar-refractivity contribution in [3.8, 4) is 5.75 Å². The maximum atomic E-state index is 13.3. The number of anilines is 1. The van der Waals surface area contributed by atoms with Crippen LogP contribution in [-0.4, -0.2) is 55.3 Å². The van der Waals surface area contributed by atoms with Crippen LogP contribution in [0, 0.1) is 10.1 Å². The first-order valence-corrected chi connectivity index (χ1v) is 13.0. The van der Waals surface area contributed by atoms with E-state index in [1.807, 2.05) is 0 Å². The molecule has 3 aromatic carbocycles. The van der Waals surface area contributed by atoms with Crippen molar-refractivity contribution in [2.45, 2.75) is 18.7 Å². The highest BCUT2D eigenvalue weighted by molar-refractivity contribution is 7.89. The van der Waals surface area contributed by atoms with Crippen molar-refractivity contribution < 1.29 is 32.5 Å². The summed E-state index contributed by atoms with van der Waals surface area (Å²) < 4.78 is 32.5. The van der Waals surface area contributed by atoms with E-state index >= 15 is 0 Å². The molecule has 1 aliphatic carbocycles. The average Bonchev–Trinajstić information content (AvgIpc) is 2.91. The number of hydrogen-bond donors (Lipinski definition) is 1. The lowest BCUT2D eigenvalue weighted by Crippen LogP contribution is -2.30. The van der Waals surface area contributed by atoms with Gasteiger partial charge < -0.3 is 10.1 Å². The zero-order valence-corrected chi connectivity index (χ0v) is 21.5. The van der Waals surface area contributed by atoms with Gasteiger partial charge in [-0.2, -0.15) is 4.31 Å². The van der Waals surface area contributed by atoms with E-state index in [4.69, 9.17) is 4.74 Å². The summed E-state index contributed by atoms with van der Waals surface area (Å²) in [6, 6.07) is 12.1. The standard InChI is InChI=1S/C26H23N3O8S/c1-4-28(5-2)38(35,36)15-10-13-21(37-3)20(14-15)27-26(32)19-12-11-18-22(23(19)29(33)34)25(31)17-9-7-6-8-16(17)24(18)30/h6-14H,4-5H2,1-3H3,(H,27,32). The van der Waals surface area contributed by atoms with Crippen molar-refractivity contribution in [3.63, 3.8) is 0 Å². The summed E-state index contributed by atoms with van der Waals surface area (Å²) in [5.74, 6) is -2.20. The van der Waals surface area contributed by atoms with Crippen molar-refractivity contribution in [2.24, 2.45) is 0 Å². The Morgan fingerprint density at radius 2 is 1.61 bits per heavy atom. The molecule has 0 aliphatic heterocycles. The summed E-state index contributed by atoms with van der Waals surface area (Å²) in [5.41, 5.74) is -1.88. The van der Waals surface area contributed by atoms with Gasteiger partial charge in [0.2, 0.25) is 15.8 Å². The fraction of sp³-hybridized carbons (Fsp3) is 0.192. The maximum absolute atomic E-state index is 13.3. The Bertz CT molecular complexity index is 1610. The van der Waals surface area contributed by atoms with Crippen molar-refractivity contribution in [1.29, 1.82) is 0 Å². The van der Waals surface area contributed by atoms with Crippen molar-refractivity contribution >= 4 is 38.9 Å². The third kappa shape index (κ3) is 4.33. The Morgan fingerprint density at radius 1 is 0.974 bits per heavy atom. The van der Waals surface area contributed by atoms with E-state index in [-0.39, 0.29) is 46.1 Å². The first-order valence-electron chi connectivity index (χ1n) is 11.6. The third-order valence-corrected chi connectivity index (χ3v) is 8.30. The molecule has 38 heavy (non-hydrogen) atoms. The molecule has 1 amide bonds. The minimum Gasteiger partial charge on any atom is -0.495 e. The van der Waals surface area contributed by atoms with E-state index in [0.717, 1.165) is 6.07 Å². The number of nitro groups is 1. The first-order chi connectivity index (χ1) is 18.1. The Labute approximate surface area is 218 Å². The largest absolute Gasteiger partial charge is 0.495 e. The molecular formula is C26H23N3O8S. The predicted molar refractivity (Wildman–Crippen MR) is 137 cm³/mol. The summed E-state index contributed by atoms with van der Waals surface area (Å²) >= 11 is 0. The second-order valence-electron chi connectivity index (χ2n) is 8.25. The van der Waals surface area contributed by atoms with Gasteiger partial charge in [0.05, 0.1) is 22.6 Å². The molecule has 0 saturated carbocycles. The molecule has 0 fully saturated rings. The van der Waals surface area contributed by atoms with Gasteiger partial charge in [0, 0.05) is 29.8 Å². The van der Waals surface area contributed by atoms with E-state index in [9.17, 15) is 32.9 Å². The Kier molecular flexibility index (Phi) is 7.11. The summed E-state index contributed by atoms with van der Waals surface area (Å²) in [6.45, 7) is 3.83. The molecule has 1 aliphatic rings. The number of nitrogens with zero attached hydrogens (tertiary/aromatic N) is 2. The van der Waals surface area contributed by atoms with Gasteiger partial charge in [0.25, 0.3) is 11.6 Å². The quantitative estimate of drug-likeness (QED) is 0.264. The molecule has 196 valence electrons. The average molecular weight is 538 g/mol. The molecule has 1 N–H and O–H groups in total. The van der Waals surface area contributed by atoms with E-state index in [2.05, 4.69) is 5.32 Å². The number of rotatable bonds is 8. The van der Waals surface area contributed by atoms with Gasteiger partial charge in [-0.1, -0.05) is 38.1 Å². The van der Waals surface area contributed by atoms with Gasteiger partial charge in [-0.15, -0.1) is 0 Å². The lowest BCUT2D eigenvalue weighted by atomic mass is 9.82. The minimum atomic E-state index is -3.89. The molecular weight excluding hydrogens is 514 g/mol. The first kappa shape index (κ1) is 26.6. The number of benzene rings is 3. The van der Waals surface area contributed by atoms with Crippen LogP contribution < -0.4 is 10.1 Å². The monoisotopic (exact) mass is 537 g/mol. The maximum Gasteiger partial charge on any atom is 0.294 e. The van der Waals surface area contributed by atoms with Gasteiger partial charge in [0.1, 0.15) is 16.9 Å². The number of methoxy groups -OCH3 is 1. The van der Waals surface area contributed by atoms with E-state index in [0.29, 0.717) is 0 Å². The number of nitrogens with one attached hydrogen (secondary N) is 1. The molecule has 4 rings (SSSR count). The van der Waals surface area contributed by atoms with Crippen LogP contribution in [0.1, 0.15) is 56.0 Å². The highest BCUT2D eigenvalue weighted by Crippen LogP contribution is 2.36. The van der Waals surface area contributed by atoms with Gasteiger partial charge in [0.15, 0.2) is 5.78 Å². The molecule has 3 aromatic rings. The van der Waals surface area contributed by atoms with Crippen LogP contribution in [0.3, 0.4) is 0 Å². The fourth-order valence-corrected chi connectivity index (χ4v) is 5.87. The number of sulfonamides is 1. The van der Waals surface area contributed by atoms with E-state index in [1.54, 1.807) is 19.9 Å². The van der Waals surface area contributed by atoms with Crippen molar-refractivity contribution in [2.75, 3.05) is 25.5 Å². The number of carbonyl (C=O) groups excluding carboxylic acids is 3. The number of amides is 1. The van der Waals surface area contributed by atoms with Crippen LogP contribution in [-0.2, 0) is 10.0 Å². The molecule has 0 radical (unpaired) electrons. The molecule has 0 unspecified atom stereocenters. The van der Waals surface area contributed by atoms with Crippen LogP contribution >= 0.6 is 0 Å². The van der Waals surface area contributed by atoms with Crippen LogP contribution in [0.2, 0.25) is 0 Å². The van der Waals surface area contributed by atoms with Gasteiger partial charge in [-0.25, -0.2) is 8.42 Å². The fourth-order valence-electron chi connectivity index (χ4n) is 4.39. The zero-order valence-electron chi connectivity index (χ0n) is 20.7. The smallest absolute Gasteiger partial charge is 0.294 e. The number of ketones is 2. The summed E-state index contributed by atoms with van der Waals surface area (Å²) in [4.78, 5) is 50.6. The topological polar surface area (TPSA) is 153 Å². The minimum absolute atomic E-state index is 0.00152. The van der Waals surface area contributed by atoms with Crippen LogP contribution in [0.5, 0.6) is 5.75 Å². The number of carbonyl (C=O) groups is 3. The molecule has 0 saturated heterocycles. The predicted octanol–water partition coefficient (Wildman–Crippen LogP) is 3.66. The van der Waals surface area contributed by atoms with Crippen LogP contribution in [0.15, 0.2) is 59.5 Å². The molecule has 0 spiro atoms. The molecule has 12 heteroatoms. The zero-order chi connectivity index (χ0) is 27.8. The van der Waals surface area contributed by atoms with Crippen LogP contribution in [0.25, 0.3) is 0 Å². The summed E-state index contributed by atoms with van der Waals surface area (Å²) in [7, 11) is -2.58. The van der Waals surface area contributed by atoms with Gasteiger partial charge in [-0.3, -0.25) is 24.5 Å². The summed E-state index contributed by atoms with van der Waals surface area (Å²) in [5, 5.41) is 14.6. The molecule has 11 nitrogen and oxygen atoms in total. The number of fused-ring (bicyclic) bond motifs is 2.